The monoisotopic (exact) mass is 214 g/mol. The van der Waals surface area contributed by atoms with Crippen LogP contribution in [-0.2, 0) is 0 Å². The van der Waals surface area contributed by atoms with Gasteiger partial charge in [-0.3, -0.25) is 0 Å². The minimum absolute atomic E-state index is 0.520. The van der Waals surface area contributed by atoms with Gasteiger partial charge in [0.15, 0.2) is 0 Å². The number of unbranched alkanes of at least 4 members (excludes halogenated alkanes) is 1. The molecule has 0 aliphatic heterocycles. The summed E-state index contributed by atoms with van der Waals surface area (Å²) in [6, 6.07) is 0. The van der Waals surface area contributed by atoms with Gasteiger partial charge in [-0.15, -0.1) is 0 Å². The van der Waals surface area contributed by atoms with Gasteiger partial charge in [0.1, 0.15) is 0 Å². The molecular formula is C11H22N2S. The second-order valence-corrected chi connectivity index (χ2v) is 4.12. The van der Waals surface area contributed by atoms with E-state index in [0.29, 0.717) is 5.92 Å². The van der Waals surface area contributed by atoms with Gasteiger partial charge in [-0.25, -0.2) is 4.41 Å². The lowest BCUT2D eigenvalue weighted by Crippen LogP contribution is -2.12. The molecule has 0 rings (SSSR count). The highest BCUT2D eigenvalue weighted by molar-refractivity contribution is 7.96. The SMILES string of the molecule is C/C=C(/C(C)C)N(/N=C\CCC)SC. The quantitative estimate of drug-likeness (QED) is 0.378. The molecule has 0 N–H and O–H groups in total. The first-order valence-electron chi connectivity index (χ1n) is 5.20. The van der Waals surface area contributed by atoms with Crippen molar-refractivity contribution in [2.75, 3.05) is 6.26 Å². The molecule has 0 saturated heterocycles. The fourth-order valence-electron chi connectivity index (χ4n) is 1.14. The Morgan fingerprint density at radius 1 is 1.50 bits per heavy atom. The van der Waals surface area contributed by atoms with E-state index in [1.165, 1.54) is 5.70 Å². The van der Waals surface area contributed by atoms with Crippen LogP contribution in [0.5, 0.6) is 0 Å². The topological polar surface area (TPSA) is 15.6 Å². The number of hydrogen-bond acceptors (Lipinski definition) is 3. The van der Waals surface area contributed by atoms with E-state index < -0.39 is 0 Å². The van der Waals surface area contributed by atoms with E-state index >= 15 is 0 Å². The molecule has 0 aliphatic rings. The molecule has 0 aromatic carbocycles. The molecule has 14 heavy (non-hydrogen) atoms. The molecule has 0 spiro atoms. The van der Waals surface area contributed by atoms with Crippen LogP contribution in [0.4, 0.5) is 0 Å². The van der Waals surface area contributed by atoms with E-state index in [2.05, 4.69) is 45.1 Å². The maximum absolute atomic E-state index is 4.43. The number of hydrogen-bond donors (Lipinski definition) is 0. The van der Waals surface area contributed by atoms with Crippen LogP contribution in [0.15, 0.2) is 16.9 Å². The number of rotatable bonds is 6. The van der Waals surface area contributed by atoms with Gasteiger partial charge >= 0.3 is 0 Å². The van der Waals surface area contributed by atoms with Crippen molar-refractivity contribution in [2.45, 2.75) is 40.5 Å². The average Bonchev–Trinajstić information content (AvgIpc) is 2.16. The summed E-state index contributed by atoms with van der Waals surface area (Å²) >= 11 is 1.65. The molecule has 0 bridgehead atoms. The number of hydrazone groups is 1. The van der Waals surface area contributed by atoms with E-state index in [4.69, 9.17) is 0 Å². The molecular weight excluding hydrogens is 192 g/mol. The lowest BCUT2D eigenvalue weighted by atomic mass is 10.1. The fourth-order valence-corrected chi connectivity index (χ4v) is 1.83. The molecule has 0 saturated carbocycles. The standard InChI is InChI=1S/C11H22N2S/c1-6-8-9-12-13(14-5)11(7-2)10(3)4/h7,9-10H,6,8H2,1-5H3/b11-7-,12-9-. The third kappa shape index (κ3) is 4.70. The summed E-state index contributed by atoms with van der Waals surface area (Å²) < 4.78 is 2.00. The van der Waals surface area contributed by atoms with Crippen LogP contribution in [-0.4, -0.2) is 16.9 Å². The highest BCUT2D eigenvalue weighted by Gasteiger charge is 2.09. The smallest absolute Gasteiger partial charge is 0.0479 e. The minimum Gasteiger partial charge on any atom is -0.212 e. The molecule has 0 aliphatic carbocycles. The van der Waals surface area contributed by atoms with Gasteiger partial charge in [0.05, 0.1) is 0 Å². The molecule has 0 radical (unpaired) electrons. The van der Waals surface area contributed by atoms with E-state index in [1.54, 1.807) is 11.9 Å². The first-order chi connectivity index (χ1) is 6.67. The highest BCUT2D eigenvalue weighted by Crippen LogP contribution is 2.21. The minimum atomic E-state index is 0.520. The van der Waals surface area contributed by atoms with Gasteiger partial charge < -0.3 is 0 Å². The molecule has 2 nitrogen and oxygen atoms in total. The molecule has 0 aromatic heterocycles. The number of allylic oxidation sites excluding steroid dienone is 2. The molecule has 0 atom stereocenters. The predicted molar refractivity (Wildman–Crippen MR) is 67.3 cm³/mol. The highest BCUT2D eigenvalue weighted by atomic mass is 32.2. The van der Waals surface area contributed by atoms with Crippen molar-refractivity contribution < 1.29 is 0 Å². The Kier molecular flexibility index (Phi) is 7.67. The van der Waals surface area contributed by atoms with Gasteiger partial charge in [-0.2, -0.15) is 5.10 Å². The summed E-state index contributed by atoms with van der Waals surface area (Å²) in [5.74, 6) is 0.520. The Hall–Kier alpha value is -0.440. The van der Waals surface area contributed by atoms with E-state index in [-0.39, 0.29) is 0 Å². The zero-order chi connectivity index (χ0) is 11.0. The zero-order valence-corrected chi connectivity index (χ0v) is 10.8. The van der Waals surface area contributed by atoms with E-state index in [1.807, 2.05) is 10.6 Å². The summed E-state index contributed by atoms with van der Waals surface area (Å²) in [6.07, 6.45) is 8.37. The summed E-state index contributed by atoms with van der Waals surface area (Å²) in [5, 5.41) is 4.43. The Labute approximate surface area is 92.6 Å². The van der Waals surface area contributed by atoms with Crippen molar-refractivity contribution in [3.63, 3.8) is 0 Å². The van der Waals surface area contributed by atoms with Crippen molar-refractivity contribution in [3.8, 4) is 0 Å². The van der Waals surface area contributed by atoms with Gasteiger partial charge in [0.25, 0.3) is 0 Å². The van der Waals surface area contributed by atoms with Gasteiger partial charge in [-0.05, 0) is 31.2 Å². The second kappa shape index (κ2) is 7.92. The lowest BCUT2D eigenvalue weighted by Gasteiger charge is -2.21. The third-order valence-electron chi connectivity index (χ3n) is 1.89. The van der Waals surface area contributed by atoms with Crippen LogP contribution in [0.3, 0.4) is 0 Å². The third-order valence-corrected chi connectivity index (χ3v) is 2.54. The summed E-state index contributed by atoms with van der Waals surface area (Å²) in [5.41, 5.74) is 1.27. The molecule has 0 amide bonds. The molecule has 0 aromatic rings. The van der Waals surface area contributed by atoms with Gasteiger partial charge in [-0.1, -0.05) is 33.3 Å². The van der Waals surface area contributed by atoms with Crippen LogP contribution in [0.2, 0.25) is 0 Å². The Morgan fingerprint density at radius 2 is 2.14 bits per heavy atom. The first kappa shape index (κ1) is 13.6. The van der Waals surface area contributed by atoms with Crippen LogP contribution >= 0.6 is 11.9 Å². The zero-order valence-electron chi connectivity index (χ0n) is 9.95. The fraction of sp³-hybridized carbons (Fsp3) is 0.727. The maximum Gasteiger partial charge on any atom is 0.0479 e. The second-order valence-electron chi connectivity index (χ2n) is 3.41. The lowest BCUT2D eigenvalue weighted by molar-refractivity contribution is 0.526. The molecule has 3 heteroatoms. The van der Waals surface area contributed by atoms with Crippen molar-refractivity contribution in [1.82, 2.24) is 4.41 Å². The van der Waals surface area contributed by atoms with Gasteiger partial charge in [0.2, 0.25) is 0 Å². The molecule has 0 heterocycles. The van der Waals surface area contributed by atoms with Crippen molar-refractivity contribution in [3.05, 3.63) is 11.8 Å². The summed E-state index contributed by atoms with van der Waals surface area (Å²) in [6.45, 7) is 8.60. The van der Waals surface area contributed by atoms with E-state index in [9.17, 15) is 0 Å². The molecule has 0 fully saturated rings. The predicted octanol–water partition coefficient (Wildman–Crippen LogP) is 3.91. The summed E-state index contributed by atoms with van der Waals surface area (Å²) in [7, 11) is 0. The van der Waals surface area contributed by atoms with Crippen LogP contribution in [0.25, 0.3) is 0 Å². The van der Waals surface area contributed by atoms with E-state index in [0.717, 1.165) is 12.8 Å². The normalized spacial score (nSPS) is 12.9. The Balaban J connectivity index is 4.38. The Morgan fingerprint density at radius 3 is 2.50 bits per heavy atom. The van der Waals surface area contributed by atoms with Crippen LogP contribution < -0.4 is 0 Å². The maximum atomic E-state index is 4.43. The Bertz CT molecular complexity index is 197. The van der Waals surface area contributed by atoms with Crippen molar-refractivity contribution in [1.29, 1.82) is 0 Å². The van der Waals surface area contributed by atoms with Crippen LogP contribution in [0.1, 0.15) is 40.5 Å². The summed E-state index contributed by atoms with van der Waals surface area (Å²) in [4.78, 5) is 0. The largest absolute Gasteiger partial charge is 0.212 e. The van der Waals surface area contributed by atoms with Crippen molar-refractivity contribution >= 4 is 18.2 Å². The van der Waals surface area contributed by atoms with Crippen molar-refractivity contribution in [2.24, 2.45) is 11.0 Å². The first-order valence-corrected chi connectivity index (χ1v) is 6.38. The average molecular weight is 214 g/mol. The van der Waals surface area contributed by atoms with Crippen LogP contribution in [0, 0.1) is 5.92 Å². The molecule has 82 valence electrons. The number of nitrogens with zero attached hydrogens (tertiary/aromatic N) is 2. The van der Waals surface area contributed by atoms with Gasteiger partial charge in [0, 0.05) is 18.2 Å². The molecule has 0 unspecified atom stereocenters.